The zero-order valence-electron chi connectivity index (χ0n) is 20.7. The fourth-order valence-electron chi connectivity index (χ4n) is 4.14. The number of nitrogens with one attached hydrogen (secondary N) is 3. The number of aliphatic carboxylic acids is 1. The first-order valence-electron chi connectivity index (χ1n) is 11.7. The van der Waals surface area contributed by atoms with E-state index in [2.05, 4.69) is 10.6 Å². The van der Waals surface area contributed by atoms with Gasteiger partial charge < -0.3 is 20.6 Å². The summed E-state index contributed by atoms with van der Waals surface area (Å²) in [6.45, 7) is -0.615. The van der Waals surface area contributed by atoms with Crippen molar-refractivity contribution < 1.29 is 32.7 Å². The molecule has 1 atom stereocenters. The zero-order valence-corrected chi connectivity index (χ0v) is 21.5. The molecule has 4 amide bonds. The van der Waals surface area contributed by atoms with E-state index in [0.29, 0.717) is 11.4 Å². The van der Waals surface area contributed by atoms with E-state index in [9.17, 15) is 32.7 Å². The highest BCUT2D eigenvalue weighted by Gasteiger charge is 2.36. The number of carboxylic acids is 1. The summed E-state index contributed by atoms with van der Waals surface area (Å²) in [5.41, 5.74) is 1.85. The van der Waals surface area contributed by atoms with Gasteiger partial charge in [0.05, 0.1) is 24.2 Å². The minimum absolute atomic E-state index is 0.000203. The van der Waals surface area contributed by atoms with Crippen LogP contribution in [-0.2, 0) is 19.6 Å². The molecule has 0 saturated carbocycles. The first-order chi connectivity index (χ1) is 18.5. The van der Waals surface area contributed by atoms with Gasteiger partial charge in [0.1, 0.15) is 12.6 Å². The number of carbonyl (C=O) groups is 4. The molecular weight excluding hydrogens is 526 g/mol. The number of amides is 4. The molecule has 1 aliphatic rings. The van der Waals surface area contributed by atoms with E-state index in [4.69, 9.17) is 0 Å². The van der Waals surface area contributed by atoms with Crippen molar-refractivity contribution in [2.75, 3.05) is 34.5 Å². The van der Waals surface area contributed by atoms with E-state index < -0.39 is 46.4 Å². The fraction of sp³-hybridized carbons (Fsp3) is 0.154. The van der Waals surface area contributed by atoms with Crippen LogP contribution >= 0.6 is 0 Å². The lowest BCUT2D eigenvalue weighted by Crippen LogP contribution is -2.53. The summed E-state index contributed by atoms with van der Waals surface area (Å²) in [6.07, 6.45) is 0.842. The van der Waals surface area contributed by atoms with Crippen LogP contribution in [0.15, 0.2) is 78.9 Å². The highest BCUT2D eigenvalue weighted by molar-refractivity contribution is 7.89. The third-order valence-corrected chi connectivity index (χ3v) is 6.28. The Labute approximate surface area is 224 Å². The first kappa shape index (κ1) is 27.1. The molecule has 0 saturated heterocycles. The second-order valence-corrected chi connectivity index (χ2v) is 10.4. The fourth-order valence-corrected chi connectivity index (χ4v) is 4.59. The first-order valence-corrected chi connectivity index (χ1v) is 13.6. The van der Waals surface area contributed by atoms with E-state index >= 15 is 0 Å². The van der Waals surface area contributed by atoms with Gasteiger partial charge in [-0.3, -0.25) is 19.3 Å². The van der Waals surface area contributed by atoms with E-state index in [0.717, 1.165) is 16.8 Å². The molecule has 1 aliphatic heterocycles. The van der Waals surface area contributed by atoms with Gasteiger partial charge in [-0.05, 0) is 42.5 Å². The molecule has 0 radical (unpaired) electrons. The smallest absolute Gasteiger partial charge is 0.323 e. The Balaban J connectivity index is 1.61. The van der Waals surface area contributed by atoms with Crippen LogP contribution in [0.1, 0.15) is 10.4 Å². The minimum atomic E-state index is -3.79. The number of hydrogen-bond donors (Lipinski definition) is 4. The van der Waals surface area contributed by atoms with Crippen molar-refractivity contribution in [3.8, 4) is 0 Å². The zero-order chi connectivity index (χ0) is 28.2. The SMILES string of the molecule is CS(=O)(=O)NC(=O)c1cccc(NC(=O)NC2CN(c3ccccc3)c3ccccc3N(CC(=O)O)C2=O)c1. The van der Waals surface area contributed by atoms with Gasteiger partial charge in [-0.1, -0.05) is 36.4 Å². The molecule has 0 fully saturated rings. The summed E-state index contributed by atoms with van der Waals surface area (Å²) in [4.78, 5) is 53.3. The Morgan fingerprint density at radius 2 is 1.62 bits per heavy atom. The van der Waals surface area contributed by atoms with Crippen molar-refractivity contribution in [1.82, 2.24) is 10.0 Å². The summed E-state index contributed by atoms with van der Waals surface area (Å²) in [5.74, 6) is -2.72. The molecule has 3 aromatic rings. The number of sulfonamides is 1. The molecule has 4 rings (SSSR count). The Bertz CT molecular complexity index is 1530. The molecule has 39 heavy (non-hydrogen) atoms. The Kier molecular flexibility index (Phi) is 7.81. The number of carboxylic acid groups (broad SMARTS) is 1. The van der Waals surface area contributed by atoms with E-state index in [1.165, 1.54) is 24.3 Å². The second-order valence-electron chi connectivity index (χ2n) is 8.69. The van der Waals surface area contributed by atoms with Gasteiger partial charge in [-0.15, -0.1) is 0 Å². The molecule has 12 nitrogen and oxygen atoms in total. The summed E-state index contributed by atoms with van der Waals surface area (Å²) in [7, 11) is -3.79. The number of carbonyl (C=O) groups excluding carboxylic acids is 3. The van der Waals surface area contributed by atoms with Gasteiger partial charge in [0.25, 0.3) is 11.8 Å². The Hall–Kier alpha value is -4.91. The molecule has 4 N–H and O–H groups in total. The van der Waals surface area contributed by atoms with Crippen molar-refractivity contribution >= 4 is 56.6 Å². The Morgan fingerprint density at radius 3 is 2.28 bits per heavy atom. The van der Waals surface area contributed by atoms with Crippen LogP contribution in [0.4, 0.5) is 27.5 Å². The third-order valence-electron chi connectivity index (χ3n) is 5.72. The number of fused-ring (bicyclic) bond motifs is 1. The molecule has 1 unspecified atom stereocenters. The molecule has 0 aromatic heterocycles. The molecule has 202 valence electrons. The van der Waals surface area contributed by atoms with Crippen molar-refractivity contribution in [2.24, 2.45) is 0 Å². The average molecular weight is 552 g/mol. The average Bonchev–Trinajstić information content (AvgIpc) is 2.99. The summed E-state index contributed by atoms with van der Waals surface area (Å²) in [6, 6.07) is 19.6. The molecular formula is C26H25N5O7S. The maximum Gasteiger partial charge on any atom is 0.323 e. The lowest BCUT2D eigenvalue weighted by molar-refractivity contribution is -0.136. The number of para-hydroxylation sites is 3. The van der Waals surface area contributed by atoms with E-state index in [1.807, 2.05) is 40.0 Å². The van der Waals surface area contributed by atoms with Gasteiger partial charge in [-0.2, -0.15) is 0 Å². The second kappa shape index (κ2) is 11.2. The summed E-state index contributed by atoms with van der Waals surface area (Å²) < 4.78 is 24.6. The molecule has 0 aliphatic carbocycles. The molecule has 1 heterocycles. The van der Waals surface area contributed by atoms with Crippen LogP contribution in [0.3, 0.4) is 0 Å². The molecule has 3 aromatic carbocycles. The van der Waals surface area contributed by atoms with Gasteiger partial charge in [0.15, 0.2) is 0 Å². The standard InChI is InChI=1S/C26H25N5O7S/c1-39(37,38)29-24(34)17-8-7-9-18(14-17)27-26(36)28-20-15-30(19-10-3-2-4-11-19)21-12-5-6-13-22(21)31(25(20)35)16-23(32)33/h2-14,20H,15-16H2,1H3,(H,29,34)(H,32,33)(H2,27,28,36). The molecule has 0 spiro atoms. The number of rotatable bonds is 7. The number of anilines is 4. The third kappa shape index (κ3) is 6.70. The van der Waals surface area contributed by atoms with Crippen molar-refractivity contribution in [3.05, 3.63) is 84.4 Å². The molecule has 13 heteroatoms. The Morgan fingerprint density at radius 1 is 0.949 bits per heavy atom. The minimum Gasteiger partial charge on any atom is -0.480 e. The van der Waals surface area contributed by atoms with Crippen LogP contribution < -0.4 is 25.2 Å². The topological polar surface area (TPSA) is 165 Å². The van der Waals surface area contributed by atoms with Crippen LogP contribution in [0.2, 0.25) is 0 Å². The van der Waals surface area contributed by atoms with Crippen LogP contribution in [0, 0.1) is 0 Å². The van der Waals surface area contributed by atoms with E-state index in [-0.39, 0.29) is 17.8 Å². The predicted octanol–water partition coefficient (Wildman–Crippen LogP) is 2.14. The molecule has 0 bridgehead atoms. The van der Waals surface area contributed by atoms with Gasteiger partial charge in [0, 0.05) is 16.9 Å². The number of hydrogen-bond acceptors (Lipinski definition) is 7. The maximum absolute atomic E-state index is 13.6. The normalized spacial score (nSPS) is 15.1. The van der Waals surface area contributed by atoms with Crippen molar-refractivity contribution in [3.63, 3.8) is 0 Å². The lowest BCUT2D eigenvalue weighted by Gasteiger charge is -2.27. The van der Waals surface area contributed by atoms with Gasteiger partial charge >= 0.3 is 12.0 Å². The van der Waals surface area contributed by atoms with Crippen LogP contribution in [-0.4, -0.2) is 62.7 Å². The van der Waals surface area contributed by atoms with Crippen LogP contribution in [0.5, 0.6) is 0 Å². The number of urea groups is 1. The lowest BCUT2D eigenvalue weighted by atomic mass is 10.2. The summed E-state index contributed by atoms with van der Waals surface area (Å²) >= 11 is 0. The van der Waals surface area contributed by atoms with Gasteiger partial charge in [-0.25, -0.2) is 17.9 Å². The number of benzene rings is 3. The summed E-state index contributed by atoms with van der Waals surface area (Å²) in [5, 5.41) is 14.7. The number of nitrogens with zero attached hydrogens (tertiary/aromatic N) is 2. The van der Waals surface area contributed by atoms with Gasteiger partial charge in [0.2, 0.25) is 10.0 Å². The van der Waals surface area contributed by atoms with E-state index in [1.54, 1.807) is 24.3 Å². The van der Waals surface area contributed by atoms with Crippen molar-refractivity contribution in [1.29, 1.82) is 0 Å². The highest BCUT2D eigenvalue weighted by Crippen LogP contribution is 2.37. The largest absolute Gasteiger partial charge is 0.480 e. The maximum atomic E-state index is 13.6. The quantitative estimate of drug-likeness (QED) is 0.347. The predicted molar refractivity (Wildman–Crippen MR) is 145 cm³/mol. The van der Waals surface area contributed by atoms with Crippen LogP contribution in [0.25, 0.3) is 0 Å². The van der Waals surface area contributed by atoms with Crippen molar-refractivity contribution in [2.45, 2.75) is 6.04 Å². The highest BCUT2D eigenvalue weighted by atomic mass is 32.2. The monoisotopic (exact) mass is 551 g/mol.